The summed E-state index contributed by atoms with van der Waals surface area (Å²) in [5.74, 6) is -0.620. The van der Waals surface area contributed by atoms with Gasteiger partial charge in [0.15, 0.2) is 0 Å². The van der Waals surface area contributed by atoms with E-state index in [2.05, 4.69) is 0 Å². The summed E-state index contributed by atoms with van der Waals surface area (Å²) < 4.78 is 19.5. The Balaban J connectivity index is 1.80. The summed E-state index contributed by atoms with van der Waals surface area (Å²) in [6, 6.07) is 6.24. The topological polar surface area (TPSA) is 29.5 Å². The van der Waals surface area contributed by atoms with Crippen LogP contribution in [-0.2, 0) is 4.74 Å². The van der Waals surface area contributed by atoms with Crippen LogP contribution in [0.2, 0.25) is 0 Å². The molecule has 1 aromatic rings. The van der Waals surface area contributed by atoms with E-state index in [1.807, 2.05) is 4.90 Å². The largest absolute Gasteiger partial charge is 0.381 e. The number of likely N-dealkylation sites (tertiary alicyclic amines) is 1. The molecular weight excluding hydrogens is 269 g/mol. The van der Waals surface area contributed by atoms with Gasteiger partial charge in [0, 0.05) is 25.6 Å². The molecule has 0 unspecified atom stereocenters. The van der Waals surface area contributed by atoms with Gasteiger partial charge in [0.1, 0.15) is 5.82 Å². The molecule has 1 aliphatic heterocycles. The van der Waals surface area contributed by atoms with Gasteiger partial charge in [0.25, 0.3) is 5.91 Å². The van der Waals surface area contributed by atoms with Crippen LogP contribution in [0.1, 0.15) is 42.5 Å². The zero-order chi connectivity index (χ0) is 14.9. The zero-order valence-electron chi connectivity index (χ0n) is 12.5. The molecule has 1 spiro atoms. The second-order valence-electron chi connectivity index (χ2n) is 6.29. The SMILES string of the molecule is CO[C@@H]1CCC[C@]12CCCN(C(=O)c1ccccc1F)C2. The maximum absolute atomic E-state index is 13.8. The smallest absolute Gasteiger partial charge is 0.256 e. The lowest BCUT2D eigenvalue weighted by molar-refractivity contribution is -0.0296. The van der Waals surface area contributed by atoms with Crippen LogP contribution in [0.3, 0.4) is 0 Å². The fraction of sp³-hybridized carbons (Fsp3) is 0.588. The summed E-state index contributed by atoms with van der Waals surface area (Å²) in [5, 5.41) is 0. The Hall–Kier alpha value is -1.42. The third-order valence-electron chi connectivity index (χ3n) is 5.11. The molecule has 1 heterocycles. The minimum absolute atomic E-state index is 0.0773. The highest BCUT2D eigenvalue weighted by atomic mass is 19.1. The number of amides is 1. The van der Waals surface area contributed by atoms with Crippen LogP contribution in [0.15, 0.2) is 24.3 Å². The Morgan fingerprint density at radius 1 is 1.33 bits per heavy atom. The van der Waals surface area contributed by atoms with Crippen molar-refractivity contribution in [3.05, 3.63) is 35.6 Å². The van der Waals surface area contributed by atoms with Gasteiger partial charge in [-0.1, -0.05) is 18.6 Å². The monoisotopic (exact) mass is 291 g/mol. The van der Waals surface area contributed by atoms with Gasteiger partial charge in [-0.15, -0.1) is 0 Å². The van der Waals surface area contributed by atoms with E-state index in [1.54, 1.807) is 25.3 Å². The number of methoxy groups -OCH3 is 1. The third kappa shape index (κ3) is 2.57. The van der Waals surface area contributed by atoms with Gasteiger partial charge in [0.2, 0.25) is 0 Å². The molecule has 1 saturated heterocycles. The van der Waals surface area contributed by atoms with E-state index in [1.165, 1.54) is 6.07 Å². The van der Waals surface area contributed by atoms with Crippen molar-refractivity contribution >= 4 is 5.91 Å². The first-order valence-corrected chi connectivity index (χ1v) is 7.73. The van der Waals surface area contributed by atoms with Gasteiger partial charge in [-0.3, -0.25) is 4.79 Å². The van der Waals surface area contributed by atoms with Gasteiger partial charge in [-0.25, -0.2) is 4.39 Å². The lowest BCUT2D eigenvalue weighted by Crippen LogP contribution is -2.50. The zero-order valence-corrected chi connectivity index (χ0v) is 12.5. The van der Waals surface area contributed by atoms with Crippen LogP contribution in [0.4, 0.5) is 4.39 Å². The van der Waals surface area contributed by atoms with Crippen LogP contribution in [0.5, 0.6) is 0 Å². The van der Waals surface area contributed by atoms with Gasteiger partial charge in [-0.2, -0.15) is 0 Å². The van der Waals surface area contributed by atoms with E-state index < -0.39 is 5.82 Å². The molecule has 2 atom stereocenters. The lowest BCUT2D eigenvalue weighted by Gasteiger charge is -2.43. The van der Waals surface area contributed by atoms with Crippen molar-refractivity contribution in [2.75, 3.05) is 20.2 Å². The van der Waals surface area contributed by atoms with Crippen molar-refractivity contribution in [2.24, 2.45) is 5.41 Å². The Morgan fingerprint density at radius 2 is 2.10 bits per heavy atom. The fourth-order valence-corrected chi connectivity index (χ4v) is 4.08. The van der Waals surface area contributed by atoms with E-state index in [0.29, 0.717) is 13.1 Å². The minimum atomic E-state index is -0.433. The summed E-state index contributed by atoms with van der Waals surface area (Å²) in [6.45, 7) is 1.41. The average Bonchev–Trinajstić information content (AvgIpc) is 2.89. The molecule has 1 saturated carbocycles. The molecule has 0 N–H and O–H groups in total. The van der Waals surface area contributed by atoms with Crippen LogP contribution < -0.4 is 0 Å². The second-order valence-corrected chi connectivity index (χ2v) is 6.29. The molecule has 3 rings (SSSR count). The second kappa shape index (κ2) is 5.76. The van der Waals surface area contributed by atoms with Crippen LogP contribution in [-0.4, -0.2) is 37.1 Å². The number of carbonyl (C=O) groups is 1. The van der Waals surface area contributed by atoms with Gasteiger partial charge >= 0.3 is 0 Å². The van der Waals surface area contributed by atoms with Crippen molar-refractivity contribution in [3.8, 4) is 0 Å². The molecule has 1 aromatic carbocycles. The number of rotatable bonds is 2. The predicted molar refractivity (Wildman–Crippen MR) is 78.6 cm³/mol. The number of hydrogen-bond acceptors (Lipinski definition) is 2. The first-order chi connectivity index (χ1) is 10.2. The molecule has 3 nitrogen and oxygen atoms in total. The molecule has 1 aliphatic carbocycles. The molecule has 2 fully saturated rings. The average molecular weight is 291 g/mol. The van der Waals surface area contributed by atoms with E-state index in [4.69, 9.17) is 4.74 Å². The summed E-state index contributed by atoms with van der Waals surface area (Å²) in [6.07, 6.45) is 5.63. The van der Waals surface area contributed by atoms with E-state index in [9.17, 15) is 9.18 Å². The summed E-state index contributed by atoms with van der Waals surface area (Å²) in [5.41, 5.74) is 0.259. The molecule has 0 radical (unpaired) electrons. The number of benzene rings is 1. The Morgan fingerprint density at radius 3 is 2.86 bits per heavy atom. The molecule has 4 heteroatoms. The Bertz CT molecular complexity index is 533. The Kier molecular flexibility index (Phi) is 3.98. The summed E-state index contributed by atoms with van der Waals surface area (Å²) in [7, 11) is 1.76. The number of ether oxygens (including phenoxy) is 1. The van der Waals surface area contributed by atoms with E-state index in [-0.39, 0.29) is 23.0 Å². The number of carbonyl (C=O) groups excluding carboxylic acids is 1. The quantitative estimate of drug-likeness (QED) is 0.837. The molecule has 0 aromatic heterocycles. The number of piperidine rings is 1. The number of nitrogens with zero attached hydrogens (tertiary/aromatic N) is 1. The summed E-state index contributed by atoms with van der Waals surface area (Å²) in [4.78, 5) is 14.4. The molecular formula is C17H22FNO2. The lowest BCUT2D eigenvalue weighted by atomic mass is 9.76. The maximum Gasteiger partial charge on any atom is 0.256 e. The molecule has 2 aliphatic rings. The van der Waals surface area contributed by atoms with Crippen molar-refractivity contribution in [2.45, 2.75) is 38.2 Å². The Labute approximate surface area is 125 Å². The normalized spacial score (nSPS) is 29.0. The first-order valence-electron chi connectivity index (χ1n) is 7.73. The van der Waals surface area contributed by atoms with Crippen molar-refractivity contribution in [1.29, 1.82) is 0 Å². The van der Waals surface area contributed by atoms with Crippen molar-refractivity contribution in [3.63, 3.8) is 0 Å². The first kappa shape index (κ1) is 14.5. The highest BCUT2D eigenvalue weighted by Gasteiger charge is 2.46. The number of halogens is 1. The number of hydrogen-bond donors (Lipinski definition) is 0. The highest BCUT2D eigenvalue weighted by Crippen LogP contribution is 2.46. The van der Waals surface area contributed by atoms with Crippen LogP contribution in [0, 0.1) is 11.2 Å². The predicted octanol–water partition coefficient (Wildman–Crippen LogP) is 3.25. The molecule has 114 valence electrons. The van der Waals surface area contributed by atoms with Crippen molar-refractivity contribution < 1.29 is 13.9 Å². The molecule has 21 heavy (non-hydrogen) atoms. The van der Waals surface area contributed by atoms with Crippen LogP contribution in [0.25, 0.3) is 0 Å². The fourth-order valence-electron chi connectivity index (χ4n) is 4.08. The van der Waals surface area contributed by atoms with Crippen molar-refractivity contribution in [1.82, 2.24) is 4.90 Å². The van der Waals surface area contributed by atoms with E-state index >= 15 is 0 Å². The summed E-state index contributed by atoms with van der Waals surface area (Å²) >= 11 is 0. The van der Waals surface area contributed by atoms with Gasteiger partial charge in [-0.05, 0) is 37.8 Å². The highest BCUT2D eigenvalue weighted by molar-refractivity contribution is 5.94. The van der Waals surface area contributed by atoms with Crippen LogP contribution >= 0.6 is 0 Å². The minimum Gasteiger partial charge on any atom is -0.381 e. The maximum atomic E-state index is 13.8. The standard InChI is InChI=1S/C17H22FNO2/c1-21-15-8-4-9-17(15)10-5-11-19(12-17)16(20)13-6-2-3-7-14(13)18/h2-3,6-7,15H,4-5,8-12H2,1H3/t15-,17-/m1/s1. The molecule has 1 amide bonds. The van der Waals surface area contributed by atoms with E-state index in [0.717, 1.165) is 32.1 Å². The van der Waals surface area contributed by atoms with Gasteiger partial charge in [0.05, 0.1) is 11.7 Å². The van der Waals surface area contributed by atoms with Gasteiger partial charge < -0.3 is 9.64 Å². The third-order valence-corrected chi connectivity index (χ3v) is 5.11. The molecule has 0 bridgehead atoms.